The molecule has 1 saturated carbocycles. The van der Waals surface area contributed by atoms with Gasteiger partial charge in [0.15, 0.2) is 0 Å². The summed E-state index contributed by atoms with van der Waals surface area (Å²) in [4.78, 5) is 0. The normalized spacial score (nSPS) is 16.7. The lowest BCUT2D eigenvalue weighted by atomic mass is 9.81. The summed E-state index contributed by atoms with van der Waals surface area (Å²) in [6, 6.07) is 32.9. The van der Waals surface area contributed by atoms with Crippen LogP contribution in [-0.4, -0.2) is 0 Å². The van der Waals surface area contributed by atoms with Gasteiger partial charge < -0.3 is 0 Å². The summed E-state index contributed by atoms with van der Waals surface area (Å²) in [5, 5.41) is 0. The Balaban J connectivity index is 1.36. The van der Waals surface area contributed by atoms with Crippen molar-refractivity contribution in [2.24, 2.45) is 0 Å². The first kappa shape index (κ1) is 22.3. The zero-order valence-electron chi connectivity index (χ0n) is 19.3. The minimum absolute atomic E-state index is 0.733. The van der Waals surface area contributed by atoms with Gasteiger partial charge in [0.1, 0.15) is 0 Å². The summed E-state index contributed by atoms with van der Waals surface area (Å²) in [7, 11) is 0. The zero-order valence-corrected chi connectivity index (χ0v) is 19.3. The molecule has 32 heavy (non-hydrogen) atoms. The molecule has 0 N–H and O–H groups in total. The maximum atomic E-state index is 2.55. The van der Waals surface area contributed by atoms with E-state index in [1.54, 1.807) is 11.1 Å². The minimum atomic E-state index is 0.733. The summed E-state index contributed by atoms with van der Waals surface area (Å²) < 4.78 is 0. The van der Waals surface area contributed by atoms with E-state index in [0.717, 1.165) is 25.2 Å². The molecule has 0 saturated heterocycles. The molecule has 0 bridgehead atoms. The van der Waals surface area contributed by atoms with Crippen molar-refractivity contribution in [2.75, 3.05) is 0 Å². The first-order chi connectivity index (χ1) is 15.9. The third-order valence-electron chi connectivity index (χ3n) is 6.74. The number of benzene rings is 3. The number of hydrogen-bond acceptors (Lipinski definition) is 0. The van der Waals surface area contributed by atoms with Gasteiger partial charge in [-0.3, -0.25) is 0 Å². The first-order valence-electron chi connectivity index (χ1n) is 12.4. The molecule has 1 fully saturated rings. The van der Waals surface area contributed by atoms with Crippen LogP contribution in [0.3, 0.4) is 0 Å². The van der Waals surface area contributed by atoms with Crippen molar-refractivity contribution < 1.29 is 0 Å². The van der Waals surface area contributed by atoms with Gasteiger partial charge in [-0.05, 0) is 80.4 Å². The topological polar surface area (TPSA) is 0 Å². The monoisotopic (exact) mass is 420 g/mol. The molecule has 0 radical (unpaired) electrons. The SMILES string of the molecule is C(=C1CCC(c2ccccc2)CC1)/C(=C/CCc1ccccc1)CCCc1ccccc1. The second-order valence-corrected chi connectivity index (χ2v) is 9.13. The van der Waals surface area contributed by atoms with Crippen molar-refractivity contribution in [2.45, 2.75) is 63.7 Å². The quantitative estimate of drug-likeness (QED) is 0.324. The average Bonchev–Trinajstić information content (AvgIpc) is 2.86. The average molecular weight is 421 g/mol. The Morgan fingerprint density at radius 3 is 1.88 bits per heavy atom. The largest absolute Gasteiger partial charge is 0.0810 e. The highest BCUT2D eigenvalue weighted by Gasteiger charge is 2.18. The van der Waals surface area contributed by atoms with Crippen LogP contribution in [0.15, 0.2) is 114 Å². The Hall–Kier alpha value is -2.86. The van der Waals surface area contributed by atoms with Crippen LogP contribution in [0.1, 0.15) is 67.6 Å². The van der Waals surface area contributed by atoms with Gasteiger partial charge in [0.25, 0.3) is 0 Å². The van der Waals surface area contributed by atoms with Crippen LogP contribution < -0.4 is 0 Å². The van der Waals surface area contributed by atoms with E-state index in [0.29, 0.717) is 0 Å². The van der Waals surface area contributed by atoms with E-state index in [-0.39, 0.29) is 0 Å². The molecule has 0 aromatic heterocycles. The Morgan fingerprint density at radius 2 is 1.25 bits per heavy atom. The second kappa shape index (κ2) is 12.2. The number of aryl methyl sites for hydroxylation is 2. The van der Waals surface area contributed by atoms with Gasteiger partial charge in [-0.25, -0.2) is 0 Å². The van der Waals surface area contributed by atoms with Crippen LogP contribution in [0.5, 0.6) is 0 Å². The number of allylic oxidation sites excluding steroid dienone is 4. The van der Waals surface area contributed by atoms with E-state index in [9.17, 15) is 0 Å². The third kappa shape index (κ3) is 7.09. The van der Waals surface area contributed by atoms with Gasteiger partial charge in [-0.15, -0.1) is 0 Å². The molecule has 0 aliphatic heterocycles. The van der Waals surface area contributed by atoms with Crippen LogP contribution in [0, 0.1) is 0 Å². The molecule has 1 aliphatic carbocycles. The molecule has 0 spiro atoms. The van der Waals surface area contributed by atoms with E-state index < -0.39 is 0 Å². The van der Waals surface area contributed by atoms with Gasteiger partial charge in [-0.1, -0.05) is 114 Å². The minimum Gasteiger partial charge on any atom is -0.0810 e. The van der Waals surface area contributed by atoms with E-state index in [4.69, 9.17) is 0 Å². The van der Waals surface area contributed by atoms with E-state index in [1.165, 1.54) is 55.2 Å². The fourth-order valence-corrected chi connectivity index (χ4v) is 4.90. The molecule has 0 unspecified atom stereocenters. The fraction of sp³-hybridized carbons (Fsp3) is 0.312. The molecule has 0 amide bonds. The highest BCUT2D eigenvalue weighted by Crippen LogP contribution is 2.36. The molecule has 3 aromatic carbocycles. The lowest BCUT2D eigenvalue weighted by molar-refractivity contribution is 0.516. The van der Waals surface area contributed by atoms with Gasteiger partial charge in [0, 0.05) is 0 Å². The number of hydrogen-bond donors (Lipinski definition) is 0. The maximum absolute atomic E-state index is 2.55. The Kier molecular flexibility index (Phi) is 8.55. The molecule has 1 aliphatic rings. The third-order valence-corrected chi connectivity index (χ3v) is 6.74. The Labute approximate surface area is 194 Å². The van der Waals surface area contributed by atoms with Crippen LogP contribution in [0.4, 0.5) is 0 Å². The molecule has 0 atom stereocenters. The van der Waals surface area contributed by atoms with Crippen LogP contribution in [-0.2, 0) is 12.8 Å². The second-order valence-electron chi connectivity index (χ2n) is 9.13. The zero-order chi connectivity index (χ0) is 21.8. The summed E-state index contributed by atoms with van der Waals surface area (Å²) in [6.45, 7) is 0. The lowest BCUT2D eigenvalue weighted by Crippen LogP contribution is -2.06. The van der Waals surface area contributed by atoms with Gasteiger partial charge in [0.05, 0.1) is 0 Å². The number of rotatable bonds is 9. The Morgan fingerprint density at radius 1 is 0.688 bits per heavy atom. The first-order valence-corrected chi connectivity index (χ1v) is 12.4. The molecule has 0 heteroatoms. The van der Waals surface area contributed by atoms with Crippen molar-refractivity contribution in [3.05, 3.63) is 131 Å². The van der Waals surface area contributed by atoms with E-state index in [1.807, 2.05) is 0 Å². The van der Waals surface area contributed by atoms with Crippen molar-refractivity contribution in [1.29, 1.82) is 0 Å². The van der Waals surface area contributed by atoms with E-state index in [2.05, 4.69) is 103 Å². The van der Waals surface area contributed by atoms with Gasteiger partial charge >= 0.3 is 0 Å². The molecule has 0 nitrogen and oxygen atoms in total. The summed E-state index contributed by atoms with van der Waals surface area (Å²) in [5.74, 6) is 0.733. The van der Waals surface area contributed by atoms with Crippen molar-refractivity contribution in [3.8, 4) is 0 Å². The maximum Gasteiger partial charge on any atom is -0.0156 e. The summed E-state index contributed by atoms with van der Waals surface area (Å²) in [5.41, 5.74) is 7.61. The van der Waals surface area contributed by atoms with Crippen LogP contribution >= 0.6 is 0 Å². The highest BCUT2D eigenvalue weighted by atomic mass is 14.2. The molecular weight excluding hydrogens is 384 g/mol. The smallest absolute Gasteiger partial charge is 0.0156 e. The van der Waals surface area contributed by atoms with Gasteiger partial charge in [-0.2, -0.15) is 0 Å². The molecular formula is C32H36. The predicted molar refractivity (Wildman–Crippen MR) is 138 cm³/mol. The van der Waals surface area contributed by atoms with Gasteiger partial charge in [0.2, 0.25) is 0 Å². The molecule has 3 aromatic rings. The van der Waals surface area contributed by atoms with E-state index >= 15 is 0 Å². The van der Waals surface area contributed by atoms with Crippen molar-refractivity contribution >= 4 is 0 Å². The van der Waals surface area contributed by atoms with Crippen LogP contribution in [0.2, 0.25) is 0 Å². The lowest BCUT2D eigenvalue weighted by Gasteiger charge is -2.24. The van der Waals surface area contributed by atoms with Crippen LogP contribution in [0.25, 0.3) is 0 Å². The summed E-state index contributed by atoms with van der Waals surface area (Å²) >= 11 is 0. The molecule has 0 heterocycles. The Bertz CT molecular complexity index is 970. The molecule has 4 rings (SSSR count). The summed E-state index contributed by atoms with van der Waals surface area (Å²) in [6.07, 6.45) is 15.9. The standard InChI is InChI=1S/C32H36/c1-4-12-27(13-5-1)16-10-18-29(19-11-17-28-14-6-2-7-15-28)26-30-22-24-32(25-23-30)31-20-8-3-9-21-31/h1-9,12-15,18,20-21,26,32H,10-11,16-17,19,22-25H2/b29-18+,30-26?. The predicted octanol–water partition coefficient (Wildman–Crippen LogP) is 8.85. The molecule has 164 valence electrons. The van der Waals surface area contributed by atoms with Crippen molar-refractivity contribution in [3.63, 3.8) is 0 Å². The fourth-order valence-electron chi connectivity index (χ4n) is 4.90. The van der Waals surface area contributed by atoms with Crippen molar-refractivity contribution in [1.82, 2.24) is 0 Å². The highest BCUT2D eigenvalue weighted by molar-refractivity contribution is 5.28.